The molecule has 0 aliphatic rings. The summed E-state index contributed by atoms with van der Waals surface area (Å²) in [6.07, 6.45) is -0.874. The molecule has 0 radical (unpaired) electrons. The van der Waals surface area contributed by atoms with Gasteiger partial charge < -0.3 is 10.1 Å². The van der Waals surface area contributed by atoms with Crippen LogP contribution < -0.4 is 5.32 Å². The van der Waals surface area contributed by atoms with E-state index in [2.05, 4.69) is 5.32 Å². The van der Waals surface area contributed by atoms with E-state index in [1.807, 2.05) is 0 Å². The van der Waals surface area contributed by atoms with Gasteiger partial charge in [-0.3, -0.25) is 4.79 Å². The molecule has 0 bridgehead atoms. The van der Waals surface area contributed by atoms with E-state index in [-0.39, 0.29) is 24.5 Å². The topological polar surface area (TPSA) is 38.3 Å². The number of nitrogens with one attached hydrogen (secondary N) is 1. The summed E-state index contributed by atoms with van der Waals surface area (Å²) in [5.74, 6) is -3.28. The predicted molar refractivity (Wildman–Crippen MR) is 58.5 cm³/mol. The van der Waals surface area contributed by atoms with E-state index in [0.717, 1.165) is 0 Å². The lowest BCUT2D eigenvalue weighted by molar-refractivity contribution is -0.127. The average molecular weight is 237 g/mol. The highest BCUT2D eigenvalue weighted by Crippen LogP contribution is 2.21. The molecule has 0 rings (SSSR count). The van der Waals surface area contributed by atoms with Crippen molar-refractivity contribution in [2.24, 2.45) is 0 Å². The van der Waals surface area contributed by atoms with Crippen molar-refractivity contribution in [3.05, 3.63) is 0 Å². The predicted octanol–water partition coefficient (Wildman–Crippen LogP) is 2.35. The molecule has 1 amide bonds. The number of hydrogen-bond donors (Lipinski definition) is 1. The lowest BCUT2D eigenvalue weighted by atomic mass is 10.2. The minimum atomic E-state index is -2.93. The summed E-state index contributed by atoms with van der Waals surface area (Å²) in [6.45, 7) is 6.35. The fourth-order valence-corrected chi connectivity index (χ4v) is 1.05. The van der Waals surface area contributed by atoms with Gasteiger partial charge >= 0.3 is 0 Å². The number of rotatable bonds is 7. The Balaban J connectivity index is 3.84. The van der Waals surface area contributed by atoms with Crippen LogP contribution in [0.3, 0.4) is 0 Å². The van der Waals surface area contributed by atoms with Crippen LogP contribution in [0.5, 0.6) is 0 Å². The van der Waals surface area contributed by atoms with Crippen LogP contribution in [-0.2, 0) is 9.53 Å². The first-order valence-electron chi connectivity index (χ1n) is 5.52. The second kappa shape index (κ2) is 6.78. The van der Waals surface area contributed by atoms with E-state index in [1.54, 1.807) is 27.7 Å². The first-order chi connectivity index (χ1) is 7.23. The molecular weight excluding hydrogens is 216 g/mol. The van der Waals surface area contributed by atoms with Crippen molar-refractivity contribution in [2.45, 2.75) is 58.6 Å². The monoisotopic (exact) mass is 237 g/mol. The number of carbonyl (C=O) groups excluding carboxylic acids is 1. The lowest BCUT2D eigenvalue weighted by Crippen LogP contribution is -2.33. The molecule has 16 heavy (non-hydrogen) atoms. The maximum atomic E-state index is 13.2. The minimum Gasteiger partial charge on any atom is -0.373 e. The number of alkyl halides is 2. The zero-order chi connectivity index (χ0) is 12.8. The van der Waals surface area contributed by atoms with Gasteiger partial charge in [0.2, 0.25) is 5.91 Å². The summed E-state index contributed by atoms with van der Waals surface area (Å²) in [6, 6.07) is -0.0203. The van der Waals surface area contributed by atoms with Gasteiger partial charge in [-0.25, -0.2) is 8.78 Å². The van der Waals surface area contributed by atoms with Crippen molar-refractivity contribution < 1.29 is 18.3 Å². The largest absolute Gasteiger partial charge is 0.373 e. The number of hydrogen-bond acceptors (Lipinski definition) is 2. The van der Waals surface area contributed by atoms with Gasteiger partial charge in [-0.05, 0) is 27.7 Å². The Morgan fingerprint density at radius 2 is 1.88 bits per heavy atom. The van der Waals surface area contributed by atoms with E-state index < -0.39 is 19.0 Å². The highest BCUT2D eigenvalue weighted by molar-refractivity contribution is 5.76. The molecule has 0 aromatic rings. The Bertz CT molecular complexity index is 218. The fraction of sp³-hybridized carbons (Fsp3) is 0.909. The summed E-state index contributed by atoms with van der Waals surface area (Å²) >= 11 is 0. The summed E-state index contributed by atoms with van der Waals surface area (Å²) in [7, 11) is 0. The highest BCUT2D eigenvalue weighted by atomic mass is 19.3. The molecule has 0 spiro atoms. The highest BCUT2D eigenvalue weighted by Gasteiger charge is 2.30. The quantitative estimate of drug-likeness (QED) is 0.738. The van der Waals surface area contributed by atoms with Gasteiger partial charge in [-0.15, -0.1) is 0 Å². The molecule has 0 aliphatic heterocycles. The zero-order valence-corrected chi connectivity index (χ0v) is 10.3. The van der Waals surface area contributed by atoms with Crippen molar-refractivity contribution in [3.8, 4) is 0 Å². The van der Waals surface area contributed by atoms with Crippen molar-refractivity contribution in [1.29, 1.82) is 0 Å². The van der Waals surface area contributed by atoms with Crippen molar-refractivity contribution >= 4 is 5.91 Å². The molecular formula is C11H21F2NO2. The minimum absolute atomic E-state index is 0.0203. The lowest BCUT2D eigenvalue weighted by Gasteiger charge is -2.18. The average Bonchev–Trinajstić information content (AvgIpc) is 2.11. The third-order valence-corrected chi connectivity index (χ3v) is 1.80. The number of halogens is 2. The van der Waals surface area contributed by atoms with Crippen molar-refractivity contribution in [2.75, 3.05) is 6.61 Å². The molecule has 0 aromatic heterocycles. The SMILES string of the molecule is CC(C)NC(=O)CCC(F)(F)COC(C)C. The second-order valence-electron chi connectivity index (χ2n) is 4.44. The Morgan fingerprint density at radius 1 is 1.31 bits per heavy atom. The molecule has 0 saturated carbocycles. The Kier molecular flexibility index (Phi) is 6.48. The molecule has 0 atom stereocenters. The molecule has 0 saturated heterocycles. The van der Waals surface area contributed by atoms with Crippen LogP contribution >= 0.6 is 0 Å². The van der Waals surface area contributed by atoms with Crippen LogP contribution in [-0.4, -0.2) is 30.6 Å². The maximum absolute atomic E-state index is 13.2. The number of ether oxygens (including phenoxy) is 1. The van der Waals surface area contributed by atoms with Crippen LogP contribution in [0.1, 0.15) is 40.5 Å². The molecule has 96 valence electrons. The van der Waals surface area contributed by atoms with Gasteiger partial charge in [0.1, 0.15) is 6.61 Å². The van der Waals surface area contributed by atoms with Crippen LogP contribution in [0.2, 0.25) is 0 Å². The van der Waals surface area contributed by atoms with E-state index in [9.17, 15) is 13.6 Å². The molecule has 0 unspecified atom stereocenters. The van der Waals surface area contributed by atoms with Gasteiger partial charge in [-0.1, -0.05) is 0 Å². The summed E-state index contributed by atoms with van der Waals surface area (Å²) in [4.78, 5) is 11.2. The van der Waals surface area contributed by atoms with Crippen molar-refractivity contribution in [3.63, 3.8) is 0 Å². The third kappa shape index (κ3) is 8.59. The number of amides is 1. The van der Waals surface area contributed by atoms with Gasteiger partial charge in [0.05, 0.1) is 6.10 Å². The van der Waals surface area contributed by atoms with Gasteiger partial charge in [0.25, 0.3) is 5.92 Å². The van der Waals surface area contributed by atoms with E-state index in [4.69, 9.17) is 4.74 Å². The number of carbonyl (C=O) groups is 1. The maximum Gasteiger partial charge on any atom is 0.271 e. The fourth-order valence-electron chi connectivity index (χ4n) is 1.05. The molecule has 5 heteroatoms. The van der Waals surface area contributed by atoms with E-state index in [0.29, 0.717) is 0 Å². The van der Waals surface area contributed by atoms with Crippen LogP contribution in [0, 0.1) is 0 Å². The summed E-state index contributed by atoms with van der Waals surface area (Å²) in [5, 5.41) is 2.57. The van der Waals surface area contributed by atoms with E-state index >= 15 is 0 Å². The molecule has 3 nitrogen and oxygen atoms in total. The summed E-state index contributed by atoms with van der Waals surface area (Å²) in [5.41, 5.74) is 0. The first-order valence-corrected chi connectivity index (χ1v) is 5.52. The zero-order valence-electron chi connectivity index (χ0n) is 10.3. The normalized spacial score (nSPS) is 12.2. The first kappa shape index (κ1) is 15.3. The van der Waals surface area contributed by atoms with Gasteiger partial charge in [0, 0.05) is 18.9 Å². The summed E-state index contributed by atoms with van der Waals surface area (Å²) < 4.78 is 31.2. The van der Waals surface area contributed by atoms with Crippen LogP contribution in [0.4, 0.5) is 8.78 Å². The van der Waals surface area contributed by atoms with Gasteiger partial charge in [-0.2, -0.15) is 0 Å². The Hall–Kier alpha value is -0.710. The Morgan fingerprint density at radius 3 is 2.31 bits per heavy atom. The smallest absolute Gasteiger partial charge is 0.271 e. The van der Waals surface area contributed by atoms with Crippen molar-refractivity contribution in [1.82, 2.24) is 5.32 Å². The second-order valence-corrected chi connectivity index (χ2v) is 4.44. The van der Waals surface area contributed by atoms with E-state index in [1.165, 1.54) is 0 Å². The molecule has 0 fully saturated rings. The van der Waals surface area contributed by atoms with Gasteiger partial charge in [0.15, 0.2) is 0 Å². The third-order valence-electron chi connectivity index (χ3n) is 1.80. The molecule has 0 heterocycles. The van der Waals surface area contributed by atoms with Crippen LogP contribution in [0.15, 0.2) is 0 Å². The molecule has 0 aromatic carbocycles. The van der Waals surface area contributed by atoms with Crippen LogP contribution in [0.25, 0.3) is 0 Å². The Labute approximate surface area is 95.5 Å². The standard InChI is InChI=1S/C11H21F2NO2/c1-8(2)14-10(15)5-6-11(12,13)7-16-9(3)4/h8-9H,5-7H2,1-4H3,(H,14,15). The molecule has 1 N–H and O–H groups in total. The molecule has 0 aliphatic carbocycles.